The molecule has 0 atom stereocenters. The second-order valence-electron chi connectivity index (χ2n) is 6.27. The van der Waals surface area contributed by atoms with Crippen molar-refractivity contribution >= 4 is 16.8 Å². The second kappa shape index (κ2) is 5.88. The van der Waals surface area contributed by atoms with Crippen molar-refractivity contribution in [3.05, 3.63) is 89.1 Å². The van der Waals surface area contributed by atoms with Gasteiger partial charge in [-0.1, -0.05) is 42.5 Å². The minimum Gasteiger partial charge on any atom is -0.494 e. The molecule has 2 aromatic carbocycles. The second-order valence-corrected chi connectivity index (χ2v) is 6.27. The SMILES string of the molecule is O=c1c(-c2ccccc2)c(O)n(Cc2ccco2)c2nc3ccccc3n12. The van der Waals surface area contributed by atoms with Crippen LogP contribution in [0.4, 0.5) is 0 Å². The third-order valence-corrected chi connectivity index (χ3v) is 4.64. The van der Waals surface area contributed by atoms with E-state index in [0.29, 0.717) is 28.1 Å². The first-order chi connectivity index (χ1) is 13.2. The first-order valence-electron chi connectivity index (χ1n) is 8.55. The summed E-state index contributed by atoms with van der Waals surface area (Å²) in [5.74, 6) is 0.891. The zero-order chi connectivity index (χ0) is 18.4. The molecule has 0 amide bonds. The Hall–Kier alpha value is -3.80. The number of hydrogen-bond acceptors (Lipinski definition) is 4. The summed E-state index contributed by atoms with van der Waals surface area (Å²) >= 11 is 0. The molecule has 6 nitrogen and oxygen atoms in total. The smallest absolute Gasteiger partial charge is 0.271 e. The number of fused-ring (bicyclic) bond motifs is 3. The lowest BCUT2D eigenvalue weighted by Crippen LogP contribution is -2.21. The van der Waals surface area contributed by atoms with Gasteiger partial charge in [0.1, 0.15) is 11.3 Å². The summed E-state index contributed by atoms with van der Waals surface area (Å²) < 4.78 is 8.59. The molecule has 0 aliphatic carbocycles. The molecule has 0 saturated heterocycles. The van der Waals surface area contributed by atoms with E-state index in [4.69, 9.17) is 4.42 Å². The molecule has 3 heterocycles. The Morgan fingerprint density at radius 1 is 0.963 bits per heavy atom. The van der Waals surface area contributed by atoms with Crippen molar-refractivity contribution in [2.75, 3.05) is 0 Å². The molecule has 5 aromatic rings. The first kappa shape index (κ1) is 15.5. The highest BCUT2D eigenvalue weighted by Crippen LogP contribution is 2.29. The Labute approximate surface area is 153 Å². The van der Waals surface area contributed by atoms with Crippen LogP contribution in [0, 0.1) is 0 Å². The molecule has 5 rings (SSSR count). The van der Waals surface area contributed by atoms with Crippen LogP contribution in [-0.4, -0.2) is 19.1 Å². The maximum Gasteiger partial charge on any atom is 0.271 e. The summed E-state index contributed by atoms with van der Waals surface area (Å²) in [5.41, 5.74) is 1.96. The van der Waals surface area contributed by atoms with Crippen LogP contribution in [0.3, 0.4) is 0 Å². The monoisotopic (exact) mass is 357 g/mol. The molecule has 0 fully saturated rings. The number of imidazole rings is 1. The average Bonchev–Trinajstić information content (AvgIpc) is 3.33. The molecule has 27 heavy (non-hydrogen) atoms. The van der Waals surface area contributed by atoms with Crippen molar-refractivity contribution in [3.63, 3.8) is 0 Å². The van der Waals surface area contributed by atoms with Crippen LogP contribution in [-0.2, 0) is 6.54 Å². The Morgan fingerprint density at radius 2 is 1.74 bits per heavy atom. The van der Waals surface area contributed by atoms with Gasteiger partial charge in [0.05, 0.1) is 23.8 Å². The number of nitrogens with zero attached hydrogens (tertiary/aromatic N) is 3. The van der Waals surface area contributed by atoms with Crippen LogP contribution >= 0.6 is 0 Å². The van der Waals surface area contributed by atoms with Crippen LogP contribution in [0.1, 0.15) is 5.76 Å². The molecule has 0 bridgehead atoms. The van der Waals surface area contributed by atoms with Gasteiger partial charge in [0, 0.05) is 0 Å². The van der Waals surface area contributed by atoms with E-state index in [-0.39, 0.29) is 23.5 Å². The lowest BCUT2D eigenvalue weighted by Gasteiger charge is -2.14. The first-order valence-corrected chi connectivity index (χ1v) is 8.55. The topological polar surface area (TPSA) is 72.7 Å². The van der Waals surface area contributed by atoms with Crippen molar-refractivity contribution in [3.8, 4) is 17.0 Å². The van der Waals surface area contributed by atoms with E-state index in [1.54, 1.807) is 33.4 Å². The highest BCUT2D eigenvalue weighted by molar-refractivity contribution is 5.81. The molecule has 0 aliphatic heterocycles. The van der Waals surface area contributed by atoms with Crippen LogP contribution < -0.4 is 5.56 Å². The zero-order valence-corrected chi connectivity index (χ0v) is 14.2. The third-order valence-electron chi connectivity index (χ3n) is 4.64. The highest BCUT2D eigenvalue weighted by Gasteiger charge is 2.21. The van der Waals surface area contributed by atoms with E-state index in [1.807, 2.05) is 48.5 Å². The number of hydrogen-bond donors (Lipinski definition) is 1. The van der Waals surface area contributed by atoms with Gasteiger partial charge in [0.15, 0.2) is 0 Å². The van der Waals surface area contributed by atoms with Gasteiger partial charge < -0.3 is 9.52 Å². The van der Waals surface area contributed by atoms with Crippen molar-refractivity contribution in [1.29, 1.82) is 0 Å². The number of aromatic hydroxyl groups is 1. The summed E-state index contributed by atoms with van der Waals surface area (Å²) in [5, 5.41) is 11.0. The molecule has 6 heteroatoms. The summed E-state index contributed by atoms with van der Waals surface area (Å²) in [6.45, 7) is 0.256. The van der Waals surface area contributed by atoms with Crippen LogP contribution in [0.15, 0.2) is 82.2 Å². The highest BCUT2D eigenvalue weighted by atomic mass is 16.3. The fourth-order valence-electron chi connectivity index (χ4n) is 3.39. The number of para-hydroxylation sites is 2. The summed E-state index contributed by atoms with van der Waals surface area (Å²) in [4.78, 5) is 17.9. The van der Waals surface area contributed by atoms with E-state index in [0.717, 1.165) is 0 Å². The van der Waals surface area contributed by atoms with Crippen LogP contribution in [0.5, 0.6) is 5.88 Å². The van der Waals surface area contributed by atoms with Gasteiger partial charge in [-0.2, -0.15) is 0 Å². The molecule has 1 N–H and O–H groups in total. The Balaban J connectivity index is 1.93. The molecular weight excluding hydrogens is 342 g/mol. The molecule has 0 aliphatic rings. The number of rotatable bonds is 3. The largest absolute Gasteiger partial charge is 0.494 e. The quantitative estimate of drug-likeness (QED) is 0.535. The molecule has 0 saturated carbocycles. The van der Waals surface area contributed by atoms with Gasteiger partial charge in [0.2, 0.25) is 11.7 Å². The van der Waals surface area contributed by atoms with E-state index in [9.17, 15) is 9.90 Å². The summed E-state index contributed by atoms with van der Waals surface area (Å²) in [6.07, 6.45) is 1.58. The predicted octanol–water partition coefficient (Wildman–Crippen LogP) is 3.66. The summed E-state index contributed by atoms with van der Waals surface area (Å²) in [7, 11) is 0. The lowest BCUT2D eigenvalue weighted by molar-refractivity contribution is 0.407. The van der Waals surface area contributed by atoms with Gasteiger partial charge in [0.25, 0.3) is 5.56 Å². The Morgan fingerprint density at radius 3 is 2.52 bits per heavy atom. The van der Waals surface area contributed by atoms with E-state index < -0.39 is 0 Å². The Kier molecular flexibility index (Phi) is 3.36. The number of furan rings is 1. The fraction of sp³-hybridized carbons (Fsp3) is 0.0476. The standard InChI is InChI=1S/C21H15N3O3/c25-19-18(14-7-2-1-3-8-14)20(26)24-17-11-5-4-10-16(17)22-21(24)23(19)13-15-9-6-12-27-15/h1-12,25H,13H2. The van der Waals surface area contributed by atoms with Crippen molar-refractivity contribution in [2.24, 2.45) is 0 Å². The van der Waals surface area contributed by atoms with Gasteiger partial charge in [-0.25, -0.2) is 9.38 Å². The molecule has 0 unspecified atom stereocenters. The van der Waals surface area contributed by atoms with Gasteiger partial charge >= 0.3 is 0 Å². The third kappa shape index (κ3) is 2.34. The number of benzene rings is 2. The average molecular weight is 357 g/mol. The van der Waals surface area contributed by atoms with Crippen molar-refractivity contribution < 1.29 is 9.52 Å². The van der Waals surface area contributed by atoms with Gasteiger partial charge in [-0.15, -0.1) is 0 Å². The van der Waals surface area contributed by atoms with E-state index in [2.05, 4.69) is 4.98 Å². The normalized spacial score (nSPS) is 11.4. The molecule has 3 aromatic heterocycles. The van der Waals surface area contributed by atoms with Gasteiger partial charge in [-0.3, -0.25) is 9.36 Å². The lowest BCUT2D eigenvalue weighted by atomic mass is 10.1. The maximum absolute atomic E-state index is 13.3. The van der Waals surface area contributed by atoms with Crippen LogP contribution in [0.25, 0.3) is 27.9 Å². The molecular formula is C21H15N3O3. The van der Waals surface area contributed by atoms with E-state index in [1.165, 1.54) is 0 Å². The van der Waals surface area contributed by atoms with Crippen LogP contribution in [0.2, 0.25) is 0 Å². The minimum absolute atomic E-state index is 0.134. The molecule has 0 radical (unpaired) electrons. The van der Waals surface area contributed by atoms with Gasteiger partial charge in [-0.05, 0) is 29.8 Å². The number of aromatic nitrogens is 3. The fourth-order valence-corrected chi connectivity index (χ4v) is 3.39. The van der Waals surface area contributed by atoms with Crippen molar-refractivity contribution in [2.45, 2.75) is 6.54 Å². The Bertz CT molecular complexity index is 1320. The zero-order valence-electron chi connectivity index (χ0n) is 14.2. The molecule has 132 valence electrons. The van der Waals surface area contributed by atoms with Crippen molar-refractivity contribution in [1.82, 2.24) is 14.0 Å². The molecule has 0 spiro atoms. The minimum atomic E-state index is -0.307. The van der Waals surface area contributed by atoms with E-state index >= 15 is 0 Å². The maximum atomic E-state index is 13.3. The predicted molar refractivity (Wildman–Crippen MR) is 102 cm³/mol. The summed E-state index contributed by atoms with van der Waals surface area (Å²) in [6, 6.07) is 20.2.